The van der Waals surface area contributed by atoms with Gasteiger partial charge in [0.2, 0.25) is 0 Å². The van der Waals surface area contributed by atoms with Crippen molar-refractivity contribution >= 4 is 11.9 Å². The minimum Gasteiger partial charge on any atom is -0.465 e. The predicted octanol–water partition coefficient (Wildman–Crippen LogP) is 7.79. The first-order chi connectivity index (χ1) is 19.7. The maximum atomic E-state index is 12.4. The zero-order valence-corrected chi connectivity index (χ0v) is 26.7. The summed E-state index contributed by atoms with van der Waals surface area (Å²) in [5.41, 5.74) is -0.941. The van der Waals surface area contributed by atoms with Crippen molar-refractivity contribution in [3.63, 3.8) is 0 Å². The maximum Gasteiger partial charge on any atom is 0.335 e. The third kappa shape index (κ3) is 14.1. The Hall–Kier alpha value is -1.40. The highest BCUT2D eigenvalue weighted by molar-refractivity contribution is 5.87. The third-order valence-corrected chi connectivity index (χ3v) is 9.93. The molecule has 238 valence electrons. The first kappa shape index (κ1) is 35.8. The number of hydrogen-bond donors (Lipinski definition) is 2. The Morgan fingerprint density at radius 1 is 0.756 bits per heavy atom. The standard InChI is InChI=1S/C35H62O6/c1-5-6-7-10-28-13-15-29(16-14-28)11-8-9-12-30-17-19-31(20-18-30)21-22-32(24-40-33(38)27(2)23-36)25-41-34(39)35(3,4)26-37/h28-32,36-37H,2,5-26H2,1,3-4H3. The van der Waals surface area contributed by atoms with Crippen molar-refractivity contribution in [2.24, 2.45) is 35.0 Å². The molecule has 2 aliphatic carbocycles. The van der Waals surface area contributed by atoms with Gasteiger partial charge in [-0.15, -0.1) is 0 Å². The zero-order chi connectivity index (χ0) is 30.1. The summed E-state index contributed by atoms with van der Waals surface area (Å²) < 4.78 is 10.8. The molecule has 0 saturated heterocycles. The van der Waals surface area contributed by atoms with Gasteiger partial charge in [0, 0.05) is 5.92 Å². The smallest absolute Gasteiger partial charge is 0.335 e. The van der Waals surface area contributed by atoms with E-state index in [2.05, 4.69) is 13.5 Å². The van der Waals surface area contributed by atoms with E-state index < -0.39 is 24.0 Å². The molecule has 6 nitrogen and oxygen atoms in total. The molecular weight excluding hydrogens is 516 g/mol. The number of carbonyl (C=O) groups is 2. The molecule has 0 radical (unpaired) electrons. The quantitative estimate of drug-likeness (QED) is 0.0870. The number of aliphatic hydroxyl groups is 2. The van der Waals surface area contributed by atoms with Crippen molar-refractivity contribution < 1.29 is 29.3 Å². The van der Waals surface area contributed by atoms with Crippen LogP contribution in [-0.4, -0.2) is 48.6 Å². The highest BCUT2D eigenvalue weighted by Gasteiger charge is 2.30. The molecule has 1 atom stereocenters. The Morgan fingerprint density at radius 2 is 1.20 bits per heavy atom. The Labute approximate surface area is 251 Å². The molecule has 0 aliphatic heterocycles. The topological polar surface area (TPSA) is 93.1 Å². The van der Waals surface area contributed by atoms with Crippen LogP contribution in [0.3, 0.4) is 0 Å². The van der Waals surface area contributed by atoms with Gasteiger partial charge in [-0.1, -0.05) is 116 Å². The van der Waals surface area contributed by atoms with Crippen LogP contribution < -0.4 is 0 Å². The van der Waals surface area contributed by atoms with Crippen LogP contribution in [-0.2, 0) is 19.1 Å². The fraction of sp³-hybridized carbons (Fsp3) is 0.886. The van der Waals surface area contributed by atoms with Gasteiger partial charge in [0.05, 0.1) is 37.4 Å². The van der Waals surface area contributed by atoms with Crippen LogP contribution in [0.25, 0.3) is 0 Å². The molecule has 0 heterocycles. The molecule has 6 heteroatoms. The molecule has 0 aromatic carbocycles. The van der Waals surface area contributed by atoms with E-state index in [4.69, 9.17) is 14.6 Å². The number of aliphatic hydroxyl groups excluding tert-OH is 2. The van der Waals surface area contributed by atoms with Gasteiger partial charge in [-0.3, -0.25) is 4.79 Å². The second-order valence-corrected chi connectivity index (χ2v) is 14.0. The predicted molar refractivity (Wildman–Crippen MR) is 165 cm³/mol. The summed E-state index contributed by atoms with van der Waals surface area (Å²) in [4.78, 5) is 24.3. The molecule has 0 aromatic rings. The van der Waals surface area contributed by atoms with Gasteiger partial charge in [0.25, 0.3) is 0 Å². The van der Waals surface area contributed by atoms with Crippen molar-refractivity contribution in [3.8, 4) is 0 Å². The van der Waals surface area contributed by atoms with Crippen LogP contribution in [0, 0.1) is 35.0 Å². The molecule has 0 bridgehead atoms. The summed E-state index contributed by atoms with van der Waals surface area (Å²) in [6, 6.07) is 0. The van der Waals surface area contributed by atoms with Crippen LogP contribution in [0.1, 0.15) is 136 Å². The molecule has 2 aliphatic rings. The summed E-state index contributed by atoms with van der Waals surface area (Å²) in [5, 5.41) is 18.6. The van der Waals surface area contributed by atoms with E-state index in [9.17, 15) is 14.7 Å². The minimum atomic E-state index is -0.960. The molecule has 0 spiro atoms. The molecule has 1 unspecified atom stereocenters. The zero-order valence-electron chi connectivity index (χ0n) is 26.7. The largest absolute Gasteiger partial charge is 0.465 e. The van der Waals surface area contributed by atoms with Crippen molar-refractivity contribution in [3.05, 3.63) is 12.2 Å². The van der Waals surface area contributed by atoms with Gasteiger partial charge in [0.15, 0.2) is 0 Å². The van der Waals surface area contributed by atoms with E-state index in [1.54, 1.807) is 13.8 Å². The van der Waals surface area contributed by atoms with Crippen molar-refractivity contribution in [1.29, 1.82) is 0 Å². The fourth-order valence-corrected chi connectivity index (χ4v) is 6.67. The Bertz CT molecular complexity index is 746. The van der Waals surface area contributed by atoms with Crippen LogP contribution >= 0.6 is 0 Å². The highest BCUT2D eigenvalue weighted by atomic mass is 16.5. The first-order valence-corrected chi connectivity index (χ1v) is 16.9. The van der Waals surface area contributed by atoms with Gasteiger partial charge >= 0.3 is 11.9 Å². The number of unbranched alkanes of at least 4 members (excludes halogenated alkanes) is 3. The normalized spacial score (nSPS) is 24.0. The third-order valence-electron chi connectivity index (χ3n) is 9.93. The highest BCUT2D eigenvalue weighted by Crippen LogP contribution is 2.37. The summed E-state index contributed by atoms with van der Waals surface area (Å²) in [6.45, 7) is 8.67. The van der Waals surface area contributed by atoms with Crippen LogP contribution in [0.5, 0.6) is 0 Å². The average molecular weight is 579 g/mol. The number of hydrogen-bond acceptors (Lipinski definition) is 6. The van der Waals surface area contributed by atoms with Crippen molar-refractivity contribution in [2.75, 3.05) is 26.4 Å². The molecule has 2 fully saturated rings. The van der Waals surface area contributed by atoms with E-state index in [0.29, 0.717) is 5.92 Å². The number of rotatable bonds is 20. The number of carbonyl (C=O) groups excluding carboxylic acids is 2. The molecule has 2 rings (SSSR count). The number of esters is 2. The van der Waals surface area contributed by atoms with E-state index >= 15 is 0 Å². The molecule has 2 N–H and O–H groups in total. The minimum absolute atomic E-state index is 0.0191. The lowest BCUT2D eigenvalue weighted by atomic mass is 9.76. The van der Waals surface area contributed by atoms with E-state index in [0.717, 1.165) is 30.6 Å². The summed E-state index contributed by atoms with van der Waals surface area (Å²) >= 11 is 0. The molecule has 0 amide bonds. The Morgan fingerprint density at radius 3 is 1.63 bits per heavy atom. The fourth-order valence-electron chi connectivity index (χ4n) is 6.67. The van der Waals surface area contributed by atoms with Crippen LogP contribution in [0.2, 0.25) is 0 Å². The first-order valence-electron chi connectivity index (χ1n) is 16.9. The lowest BCUT2D eigenvalue weighted by Gasteiger charge is -2.30. The van der Waals surface area contributed by atoms with Gasteiger partial charge < -0.3 is 19.7 Å². The van der Waals surface area contributed by atoms with E-state index in [1.807, 2.05) is 0 Å². The van der Waals surface area contributed by atoms with Gasteiger partial charge in [-0.2, -0.15) is 0 Å². The van der Waals surface area contributed by atoms with Gasteiger partial charge in [-0.05, 0) is 50.4 Å². The molecule has 41 heavy (non-hydrogen) atoms. The van der Waals surface area contributed by atoms with Gasteiger partial charge in [-0.25, -0.2) is 4.79 Å². The van der Waals surface area contributed by atoms with Gasteiger partial charge in [0.1, 0.15) is 0 Å². The molecular formula is C35H62O6. The van der Waals surface area contributed by atoms with E-state index in [-0.39, 0.29) is 31.3 Å². The van der Waals surface area contributed by atoms with E-state index in [1.165, 1.54) is 103 Å². The monoisotopic (exact) mass is 578 g/mol. The lowest BCUT2D eigenvalue weighted by Crippen LogP contribution is -2.32. The lowest BCUT2D eigenvalue weighted by molar-refractivity contribution is -0.158. The molecule has 0 aromatic heterocycles. The van der Waals surface area contributed by atoms with Crippen molar-refractivity contribution in [1.82, 2.24) is 0 Å². The Balaban J connectivity index is 1.64. The molecule has 2 saturated carbocycles. The second-order valence-electron chi connectivity index (χ2n) is 14.0. The average Bonchev–Trinajstić information content (AvgIpc) is 2.99. The van der Waals surface area contributed by atoms with Crippen molar-refractivity contribution in [2.45, 2.75) is 136 Å². The summed E-state index contributed by atoms with van der Waals surface area (Å²) in [7, 11) is 0. The number of ether oxygens (including phenoxy) is 2. The van der Waals surface area contributed by atoms with Crippen LogP contribution in [0.15, 0.2) is 12.2 Å². The summed E-state index contributed by atoms with van der Waals surface area (Å²) in [6.07, 6.45) is 24.1. The summed E-state index contributed by atoms with van der Waals surface area (Å²) in [5.74, 6) is 2.33. The second kappa shape index (κ2) is 19.7. The maximum absolute atomic E-state index is 12.4. The Kier molecular flexibility index (Phi) is 17.2. The SMILES string of the molecule is C=C(CO)C(=O)OCC(CCC1CCC(CCCCC2CCC(CCCCC)CC2)CC1)COC(=O)C(C)(C)CO. The van der Waals surface area contributed by atoms with Crippen LogP contribution in [0.4, 0.5) is 0 Å².